The topological polar surface area (TPSA) is 64.6 Å². The van der Waals surface area contributed by atoms with Gasteiger partial charge in [-0.25, -0.2) is 9.59 Å². The molecule has 1 aliphatic rings. The quantitative estimate of drug-likeness (QED) is 0.668. The van der Waals surface area contributed by atoms with Crippen molar-refractivity contribution in [3.8, 4) is 0 Å². The van der Waals surface area contributed by atoms with Crippen molar-refractivity contribution in [1.82, 2.24) is 5.32 Å². The largest absolute Gasteiger partial charge is 0.463 e. The summed E-state index contributed by atoms with van der Waals surface area (Å²) in [5.74, 6) is -0.343. The van der Waals surface area contributed by atoms with Gasteiger partial charge in [-0.15, -0.1) is 0 Å². The third kappa shape index (κ3) is 6.25. The van der Waals surface area contributed by atoms with E-state index in [1.807, 2.05) is 26.8 Å². The summed E-state index contributed by atoms with van der Waals surface area (Å²) in [6.45, 7) is 7.70. The fourth-order valence-corrected chi connectivity index (χ4v) is 2.83. The van der Waals surface area contributed by atoms with Crippen LogP contribution in [0.5, 0.6) is 0 Å². The van der Waals surface area contributed by atoms with E-state index in [4.69, 9.17) is 9.47 Å². The molecule has 0 fully saturated rings. The van der Waals surface area contributed by atoms with Crippen molar-refractivity contribution in [1.29, 1.82) is 0 Å². The lowest BCUT2D eigenvalue weighted by Gasteiger charge is -2.27. The van der Waals surface area contributed by atoms with E-state index >= 15 is 0 Å². The Bertz CT molecular complexity index is 658. The van der Waals surface area contributed by atoms with Crippen LogP contribution in [0.2, 0.25) is 0 Å². The van der Waals surface area contributed by atoms with Gasteiger partial charge < -0.3 is 14.8 Å². The number of benzene rings is 1. The minimum atomic E-state index is -0.498. The summed E-state index contributed by atoms with van der Waals surface area (Å²) < 4.78 is 10.2. The Balaban J connectivity index is 2.00. The maximum absolute atomic E-state index is 11.9. The Hall–Kier alpha value is -2.30. The Morgan fingerprint density at radius 3 is 2.72 bits per heavy atom. The van der Waals surface area contributed by atoms with Crippen LogP contribution in [0, 0.1) is 0 Å². The zero-order chi connectivity index (χ0) is 18.4. The molecule has 2 rings (SSSR count). The molecule has 0 heterocycles. The zero-order valence-corrected chi connectivity index (χ0v) is 15.4. The molecular weight excluding hydrogens is 318 g/mol. The van der Waals surface area contributed by atoms with Crippen LogP contribution in [0.25, 0.3) is 6.08 Å². The first-order valence-corrected chi connectivity index (χ1v) is 8.73. The molecule has 0 radical (unpaired) electrons. The molecule has 0 spiro atoms. The maximum atomic E-state index is 11.9. The molecule has 5 nitrogen and oxygen atoms in total. The summed E-state index contributed by atoms with van der Waals surface area (Å²) in [6.07, 6.45) is 5.38. The summed E-state index contributed by atoms with van der Waals surface area (Å²) in [4.78, 5) is 23.4. The highest BCUT2D eigenvalue weighted by atomic mass is 16.6. The number of ether oxygens (including phenoxy) is 2. The summed E-state index contributed by atoms with van der Waals surface area (Å²) in [7, 11) is 0. The van der Waals surface area contributed by atoms with E-state index in [1.165, 1.54) is 17.2 Å². The third-order valence-corrected chi connectivity index (χ3v) is 3.88. The lowest BCUT2D eigenvalue weighted by molar-refractivity contribution is -0.137. The first kappa shape index (κ1) is 19.0. The highest BCUT2D eigenvalue weighted by molar-refractivity contribution is 5.87. The molecule has 1 aliphatic carbocycles. The van der Waals surface area contributed by atoms with Crippen LogP contribution >= 0.6 is 0 Å². The van der Waals surface area contributed by atoms with Crippen molar-refractivity contribution < 1.29 is 19.1 Å². The minimum absolute atomic E-state index is 0.0617. The molecule has 0 saturated carbocycles. The monoisotopic (exact) mass is 345 g/mol. The second kappa shape index (κ2) is 8.19. The molecule has 1 amide bonds. The van der Waals surface area contributed by atoms with E-state index in [1.54, 1.807) is 13.0 Å². The van der Waals surface area contributed by atoms with Gasteiger partial charge in [0.2, 0.25) is 0 Å². The van der Waals surface area contributed by atoms with Crippen LogP contribution in [0.1, 0.15) is 50.8 Å². The molecule has 0 aliphatic heterocycles. The zero-order valence-electron chi connectivity index (χ0n) is 15.4. The van der Waals surface area contributed by atoms with Gasteiger partial charge >= 0.3 is 12.1 Å². The number of aryl methyl sites for hydroxylation is 1. The van der Waals surface area contributed by atoms with Crippen LogP contribution < -0.4 is 5.32 Å². The lowest BCUT2D eigenvalue weighted by Crippen LogP contribution is -2.41. The van der Waals surface area contributed by atoms with Crippen LogP contribution in [-0.2, 0) is 27.1 Å². The standard InChI is InChI=1S/C20H27NO4/c1-5-24-18(22)11-7-14-6-8-15-9-10-17(13-16(15)12-14)21-19(23)25-20(2,3)4/h6-8,11-12,17H,5,9-10,13H2,1-4H3,(H,21,23)/t17-/m1/s1. The Morgan fingerprint density at radius 2 is 2.04 bits per heavy atom. The highest BCUT2D eigenvalue weighted by Crippen LogP contribution is 2.23. The molecule has 0 unspecified atom stereocenters. The Kier molecular flexibility index (Phi) is 6.23. The number of alkyl carbamates (subject to hydrolysis) is 1. The molecule has 0 saturated heterocycles. The van der Waals surface area contributed by atoms with Crippen molar-refractivity contribution in [3.63, 3.8) is 0 Å². The van der Waals surface area contributed by atoms with Gasteiger partial charge in [0, 0.05) is 12.1 Å². The first-order valence-electron chi connectivity index (χ1n) is 8.73. The van der Waals surface area contributed by atoms with E-state index in [0.29, 0.717) is 6.61 Å². The lowest BCUT2D eigenvalue weighted by atomic mass is 9.87. The van der Waals surface area contributed by atoms with Crippen LogP contribution in [-0.4, -0.2) is 30.3 Å². The number of amides is 1. The molecule has 5 heteroatoms. The molecule has 1 N–H and O–H groups in total. The maximum Gasteiger partial charge on any atom is 0.407 e. The van der Waals surface area contributed by atoms with Gasteiger partial charge in [0.15, 0.2) is 0 Å². The van der Waals surface area contributed by atoms with Crippen molar-refractivity contribution in [2.75, 3.05) is 6.61 Å². The summed E-state index contributed by atoms with van der Waals surface area (Å²) in [5.41, 5.74) is 2.93. The fraction of sp³-hybridized carbons (Fsp3) is 0.500. The van der Waals surface area contributed by atoms with E-state index < -0.39 is 5.60 Å². The Labute approximate surface area is 149 Å². The first-order chi connectivity index (χ1) is 11.8. The third-order valence-electron chi connectivity index (χ3n) is 3.88. The molecule has 0 bridgehead atoms. The number of nitrogens with one attached hydrogen (secondary N) is 1. The second-order valence-corrected chi connectivity index (χ2v) is 7.20. The molecular formula is C20H27NO4. The van der Waals surface area contributed by atoms with Gasteiger partial charge in [0.1, 0.15) is 5.60 Å². The summed E-state index contributed by atoms with van der Waals surface area (Å²) in [5, 5.41) is 2.95. The number of esters is 1. The number of carbonyl (C=O) groups is 2. The summed E-state index contributed by atoms with van der Waals surface area (Å²) in [6, 6.07) is 6.21. The van der Waals surface area contributed by atoms with Gasteiger partial charge in [-0.1, -0.05) is 18.2 Å². The molecule has 1 aromatic carbocycles. The molecule has 25 heavy (non-hydrogen) atoms. The second-order valence-electron chi connectivity index (χ2n) is 7.20. The van der Waals surface area contributed by atoms with Crippen molar-refractivity contribution >= 4 is 18.1 Å². The van der Waals surface area contributed by atoms with Gasteiger partial charge in [-0.3, -0.25) is 0 Å². The average molecular weight is 345 g/mol. The van der Waals surface area contributed by atoms with Crippen LogP contribution in [0.3, 0.4) is 0 Å². The Morgan fingerprint density at radius 1 is 1.28 bits per heavy atom. The number of carbonyl (C=O) groups excluding carboxylic acids is 2. The molecule has 1 atom stereocenters. The summed E-state index contributed by atoms with van der Waals surface area (Å²) >= 11 is 0. The minimum Gasteiger partial charge on any atom is -0.463 e. The van der Waals surface area contributed by atoms with Gasteiger partial charge in [0.25, 0.3) is 0 Å². The number of fused-ring (bicyclic) bond motifs is 1. The molecule has 0 aromatic heterocycles. The average Bonchev–Trinajstić information content (AvgIpc) is 2.51. The van der Waals surface area contributed by atoms with Crippen molar-refractivity contribution in [2.24, 2.45) is 0 Å². The normalized spacial score (nSPS) is 17.0. The van der Waals surface area contributed by atoms with E-state index in [-0.39, 0.29) is 18.1 Å². The van der Waals surface area contributed by atoms with Gasteiger partial charge in [-0.2, -0.15) is 0 Å². The van der Waals surface area contributed by atoms with Gasteiger partial charge in [0.05, 0.1) is 6.61 Å². The SMILES string of the molecule is CCOC(=O)C=Cc1ccc2c(c1)C[C@H](NC(=O)OC(C)(C)C)CC2. The van der Waals surface area contributed by atoms with Crippen LogP contribution in [0.15, 0.2) is 24.3 Å². The van der Waals surface area contributed by atoms with E-state index in [9.17, 15) is 9.59 Å². The molecule has 1 aromatic rings. The van der Waals surface area contributed by atoms with Crippen LogP contribution in [0.4, 0.5) is 4.79 Å². The number of hydrogen-bond acceptors (Lipinski definition) is 4. The van der Waals surface area contributed by atoms with Gasteiger partial charge in [-0.05, 0) is 69.7 Å². The predicted octanol–water partition coefficient (Wildman–Crippen LogP) is 3.64. The fourth-order valence-electron chi connectivity index (χ4n) is 2.83. The van der Waals surface area contributed by atoms with Crippen molar-refractivity contribution in [2.45, 2.75) is 58.6 Å². The van der Waals surface area contributed by atoms with E-state index in [0.717, 1.165) is 24.8 Å². The van der Waals surface area contributed by atoms with Crippen molar-refractivity contribution in [3.05, 3.63) is 41.0 Å². The predicted molar refractivity (Wildman–Crippen MR) is 97.3 cm³/mol. The number of hydrogen-bond donors (Lipinski definition) is 1. The number of rotatable bonds is 4. The van der Waals surface area contributed by atoms with E-state index in [2.05, 4.69) is 17.4 Å². The smallest absolute Gasteiger partial charge is 0.407 e. The highest BCUT2D eigenvalue weighted by Gasteiger charge is 2.23. The molecule has 136 valence electrons.